The smallest absolute Gasteiger partial charge is 0.0474 e. The number of halogens is 1. The quantitative estimate of drug-likeness (QED) is 0.637. The molecule has 3 nitrogen and oxygen atoms in total. The van der Waals surface area contributed by atoms with Crippen molar-refractivity contribution >= 4 is 15.9 Å². The first-order valence-corrected chi connectivity index (χ1v) is 9.78. The highest BCUT2D eigenvalue weighted by Gasteiger charge is 2.17. The van der Waals surface area contributed by atoms with Crippen LogP contribution in [0.15, 0.2) is 47.2 Å². The van der Waals surface area contributed by atoms with Crippen LogP contribution in [0.2, 0.25) is 0 Å². The summed E-state index contributed by atoms with van der Waals surface area (Å²) in [5, 5.41) is 13.5. The van der Waals surface area contributed by atoms with Gasteiger partial charge in [0.05, 0.1) is 0 Å². The second-order valence-corrected chi connectivity index (χ2v) is 8.00. The number of nitrogens with zero attached hydrogens (tertiary/aromatic N) is 1. The van der Waals surface area contributed by atoms with Gasteiger partial charge in [0.25, 0.3) is 0 Å². The van der Waals surface area contributed by atoms with Crippen molar-refractivity contribution in [1.29, 1.82) is 0 Å². The van der Waals surface area contributed by atoms with Gasteiger partial charge in [0.2, 0.25) is 0 Å². The molecule has 0 amide bonds. The monoisotopic (exact) mass is 404 g/mol. The third-order valence-corrected chi connectivity index (χ3v) is 5.47. The molecule has 0 aliphatic carbocycles. The molecular formula is C21H29BrN2O. The maximum absolute atomic E-state index is 9.85. The Labute approximate surface area is 160 Å². The van der Waals surface area contributed by atoms with Crippen molar-refractivity contribution in [2.45, 2.75) is 39.7 Å². The number of rotatable bonds is 9. The predicted octanol–water partition coefficient (Wildman–Crippen LogP) is 4.68. The third-order valence-electron chi connectivity index (χ3n) is 4.62. The zero-order chi connectivity index (χ0) is 18.2. The van der Waals surface area contributed by atoms with E-state index < -0.39 is 0 Å². The van der Waals surface area contributed by atoms with Gasteiger partial charge in [0, 0.05) is 36.1 Å². The lowest BCUT2D eigenvalue weighted by atomic mass is 9.94. The molecule has 136 valence electrons. The number of pyridine rings is 1. The Hall–Kier alpha value is -1.23. The Bertz CT molecular complexity index is 646. The third kappa shape index (κ3) is 6.21. The van der Waals surface area contributed by atoms with Crippen LogP contribution in [0.1, 0.15) is 43.0 Å². The lowest BCUT2D eigenvalue weighted by molar-refractivity contribution is 0.216. The minimum Gasteiger partial charge on any atom is -0.396 e. The first-order valence-electron chi connectivity index (χ1n) is 8.99. The molecule has 2 rings (SSSR count). The fourth-order valence-electron chi connectivity index (χ4n) is 3.10. The number of hydrogen-bond acceptors (Lipinski definition) is 3. The molecule has 0 saturated carbocycles. The Balaban J connectivity index is 2.02. The van der Waals surface area contributed by atoms with Gasteiger partial charge in [0.15, 0.2) is 0 Å². The van der Waals surface area contributed by atoms with Crippen LogP contribution in [0.5, 0.6) is 0 Å². The van der Waals surface area contributed by atoms with Crippen molar-refractivity contribution in [2.24, 2.45) is 11.8 Å². The molecular weight excluding hydrogens is 376 g/mol. The highest BCUT2D eigenvalue weighted by molar-refractivity contribution is 9.10. The topological polar surface area (TPSA) is 45.1 Å². The molecule has 0 saturated heterocycles. The van der Waals surface area contributed by atoms with E-state index in [9.17, 15) is 5.11 Å². The molecule has 1 heterocycles. The summed E-state index contributed by atoms with van der Waals surface area (Å²) in [5.74, 6) is 0.801. The molecule has 2 aromatic rings. The number of aliphatic hydroxyl groups is 1. The predicted molar refractivity (Wildman–Crippen MR) is 108 cm³/mol. The van der Waals surface area contributed by atoms with Gasteiger partial charge < -0.3 is 10.4 Å². The Morgan fingerprint density at radius 3 is 2.52 bits per heavy atom. The zero-order valence-corrected chi connectivity index (χ0v) is 17.0. The Morgan fingerprint density at radius 1 is 1.16 bits per heavy atom. The first kappa shape index (κ1) is 20.1. The van der Waals surface area contributed by atoms with Crippen LogP contribution in [-0.4, -0.2) is 23.2 Å². The summed E-state index contributed by atoms with van der Waals surface area (Å²) in [4.78, 5) is 4.12. The number of aromatic nitrogens is 1. The minimum atomic E-state index is 0.184. The maximum Gasteiger partial charge on any atom is 0.0474 e. The van der Waals surface area contributed by atoms with Crippen LogP contribution in [-0.2, 0) is 6.42 Å². The summed E-state index contributed by atoms with van der Waals surface area (Å²) >= 11 is 3.59. The highest BCUT2D eigenvalue weighted by Crippen LogP contribution is 2.23. The molecule has 2 N–H and O–H groups in total. The van der Waals surface area contributed by atoms with Crippen LogP contribution in [0, 0.1) is 18.8 Å². The first-order chi connectivity index (χ1) is 12.0. The summed E-state index contributed by atoms with van der Waals surface area (Å²) in [5.41, 5.74) is 3.81. The van der Waals surface area contributed by atoms with Gasteiger partial charge in [-0.15, -0.1) is 0 Å². The molecule has 0 bridgehead atoms. The molecule has 0 aliphatic rings. The number of aliphatic hydroxyl groups excluding tert-OH is 1. The number of benzene rings is 1. The molecule has 1 aromatic heterocycles. The Morgan fingerprint density at radius 2 is 1.88 bits per heavy atom. The van der Waals surface area contributed by atoms with E-state index in [0.717, 1.165) is 23.9 Å². The van der Waals surface area contributed by atoms with Crippen LogP contribution in [0.3, 0.4) is 0 Å². The van der Waals surface area contributed by atoms with Crippen LogP contribution in [0.25, 0.3) is 0 Å². The molecule has 2 unspecified atom stereocenters. The van der Waals surface area contributed by atoms with Gasteiger partial charge in [-0.1, -0.05) is 41.9 Å². The normalized spacial score (nSPS) is 13.8. The SMILES string of the molecule is Cc1c(Br)cccc1CC(CO)CNC(CC(C)C)c1ccncc1. The van der Waals surface area contributed by atoms with Crippen molar-refractivity contribution in [1.82, 2.24) is 10.3 Å². The van der Waals surface area contributed by atoms with E-state index in [1.165, 1.54) is 16.7 Å². The second-order valence-electron chi connectivity index (χ2n) is 7.15. The van der Waals surface area contributed by atoms with Gasteiger partial charge in [-0.05, 0) is 66.5 Å². The lowest BCUT2D eigenvalue weighted by Crippen LogP contribution is -2.31. The summed E-state index contributed by atoms with van der Waals surface area (Å²) in [6, 6.07) is 10.7. The maximum atomic E-state index is 9.85. The van der Waals surface area contributed by atoms with Crippen molar-refractivity contribution in [3.05, 3.63) is 63.9 Å². The van der Waals surface area contributed by atoms with Crippen LogP contribution in [0.4, 0.5) is 0 Å². The van der Waals surface area contributed by atoms with Crippen molar-refractivity contribution < 1.29 is 5.11 Å². The molecule has 0 radical (unpaired) electrons. The number of nitrogens with one attached hydrogen (secondary N) is 1. The molecule has 1 aromatic carbocycles. The van der Waals surface area contributed by atoms with Crippen molar-refractivity contribution in [3.63, 3.8) is 0 Å². The molecule has 25 heavy (non-hydrogen) atoms. The number of hydrogen-bond donors (Lipinski definition) is 2. The summed E-state index contributed by atoms with van der Waals surface area (Å²) < 4.78 is 1.13. The average molecular weight is 405 g/mol. The lowest BCUT2D eigenvalue weighted by Gasteiger charge is -2.24. The molecule has 0 spiro atoms. The summed E-state index contributed by atoms with van der Waals surface area (Å²) in [6.45, 7) is 7.58. The molecule has 0 aliphatic heterocycles. The standard InChI is InChI=1S/C21H29BrN2O/c1-15(2)11-21(18-7-9-23-10-8-18)24-13-17(14-25)12-19-5-4-6-20(22)16(19)3/h4-10,15,17,21,24-25H,11-14H2,1-3H3. The van der Waals surface area contributed by atoms with E-state index >= 15 is 0 Å². The highest BCUT2D eigenvalue weighted by atomic mass is 79.9. The van der Waals surface area contributed by atoms with Crippen molar-refractivity contribution in [2.75, 3.05) is 13.2 Å². The van der Waals surface area contributed by atoms with Gasteiger partial charge in [-0.3, -0.25) is 4.98 Å². The molecule has 2 atom stereocenters. The van der Waals surface area contributed by atoms with Crippen LogP contribution < -0.4 is 5.32 Å². The van der Waals surface area contributed by atoms with Gasteiger partial charge in [-0.25, -0.2) is 0 Å². The summed E-state index contributed by atoms with van der Waals surface area (Å²) in [6.07, 6.45) is 5.63. The molecule has 0 fully saturated rings. The van der Waals surface area contributed by atoms with E-state index in [2.05, 4.69) is 77.3 Å². The van der Waals surface area contributed by atoms with E-state index in [1.807, 2.05) is 12.4 Å². The van der Waals surface area contributed by atoms with Crippen molar-refractivity contribution in [3.8, 4) is 0 Å². The zero-order valence-electron chi connectivity index (χ0n) is 15.4. The van der Waals surface area contributed by atoms with E-state index in [1.54, 1.807) is 0 Å². The average Bonchev–Trinajstić information content (AvgIpc) is 2.61. The van der Waals surface area contributed by atoms with E-state index in [4.69, 9.17) is 0 Å². The van der Waals surface area contributed by atoms with Crippen LogP contribution >= 0.6 is 15.9 Å². The van der Waals surface area contributed by atoms with E-state index in [-0.39, 0.29) is 12.5 Å². The van der Waals surface area contributed by atoms with Gasteiger partial charge >= 0.3 is 0 Å². The summed E-state index contributed by atoms with van der Waals surface area (Å²) in [7, 11) is 0. The van der Waals surface area contributed by atoms with Gasteiger partial charge in [-0.2, -0.15) is 0 Å². The fourth-order valence-corrected chi connectivity index (χ4v) is 3.51. The van der Waals surface area contributed by atoms with Gasteiger partial charge in [0.1, 0.15) is 0 Å². The molecule has 4 heteroatoms. The minimum absolute atomic E-state index is 0.184. The largest absolute Gasteiger partial charge is 0.396 e. The second kappa shape index (κ2) is 10.0. The fraction of sp³-hybridized carbons (Fsp3) is 0.476. The Kier molecular flexibility index (Phi) is 8.07. The van der Waals surface area contributed by atoms with E-state index in [0.29, 0.717) is 12.0 Å².